The summed E-state index contributed by atoms with van der Waals surface area (Å²) >= 11 is 5.81. The van der Waals surface area contributed by atoms with Crippen LogP contribution in [0.15, 0.2) is 35.4 Å². The molecule has 0 bridgehead atoms. The first-order chi connectivity index (χ1) is 6.69. The van der Waals surface area contributed by atoms with Crippen molar-refractivity contribution in [3.63, 3.8) is 0 Å². The van der Waals surface area contributed by atoms with Gasteiger partial charge in [0.15, 0.2) is 0 Å². The highest BCUT2D eigenvalue weighted by Gasteiger charge is 2.58. The maximum absolute atomic E-state index is 5.81. The Labute approximate surface area is 90.5 Å². The van der Waals surface area contributed by atoms with Crippen molar-refractivity contribution in [2.45, 2.75) is 13.3 Å². The second-order valence-electron chi connectivity index (χ2n) is 4.27. The Bertz CT molecular complexity index is 312. The van der Waals surface area contributed by atoms with Gasteiger partial charge in [0.25, 0.3) is 0 Å². The standard InChI is InChI=1S/C12H16ClN/c1-3-10(5-4-9(2)13)12-6-11(12)7-14-8-12/h3-5,11,14H,1,6-8H2,2H3/b9-4+,10-5+/t11-,12+/m1/s1. The zero-order valence-electron chi connectivity index (χ0n) is 8.52. The molecule has 0 unspecified atom stereocenters. The van der Waals surface area contributed by atoms with E-state index in [1.165, 1.54) is 12.0 Å². The lowest BCUT2D eigenvalue weighted by molar-refractivity contribution is 0.620. The molecular formula is C12H16ClN. The summed E-state index contributed by atoms with van der Waals surface area (Å²) in [5, 5.41) is 4.25. The van der Waals surface area contributed by atoms with Crippen LogP contribution in [0.3, 0.4) is 0 Å². The summed E-state index contributed by atoms with van der Waals surface area (Å²) in [6.45, 7) is 8.05. The summed E-state index contributed by atoms with van der Waals surface area (Å²) in [6.07, 6.45) is 7.36. The van der Waals surface area contributed by atoms with Gasteiger partial charge in [-0.1, -0.05) is 30.3 Å². The second kappa shape index (κ2) is 3.56. The van der Waals surface area contributed by atoms with E-state index < -0.39 is 0 Å². The van der Waals surface area contributed by atoms with E-state index in [1.807, 2.05) is 19.1 Å². The van der Waals surface area contributed by atoms with Gasteiger partial charge >= 0.3 is 0 Å². The number of hydrogen-bond acceptors (Lipinski definition) is 1. The Morgan fingerprint density at radius 2 is 2.36 bits per heavy atom. The number of halogens is 1. The molecule has 1 nitrogen and oxygen atoms in total. The van der Waals surface area contributed by atoms with Gasteiger partial charge in [0, 0.05) is 17.0 Å². The molecule has 0 aromatic heterocycles. The highest BCUT2D eigenvalue weighted by molar-refractivity contribution is 6.29. The fourth-order valence-corrected chi connectivity index (χ4v) is 2.49. The Morgan fingerprint density at radius 1 is 1.57 bits per heavy atom. The lowest BCUT2D eigenvalue weighted by Crippen LogP contribution is -2.17. The van der Waals surface area contributed by atoms with E-state index >= 15 is 0 Å². The Kier molecular flexibility index (Phi) is 2.54. The van der Waals surface area contributed by atoms with Gasteiger partial charge < -0.3 is 5.32 Å². The minimum absolute atomic E-state index is 0.393. The second-order valence-corrected chi connectivity index (χ2v) is 4.86. The van der Waals surface area contributed by atoms with Gasteiger partial charge in [-0.3, -0.25) is 0 Å². The molecule has 2 atom stereocenters. The van der Waals surface area contributed by atoms with Gasteiger partial charge in [0.1, 0.15) is 0 Å². The molecular weight excluding hydrogens is 194 g/mol. The van der Waals surface area contributed by atoms with Crippen LogP contribution in [-0.2, 0) is 0 Å². The number of fused-ring (bicyclic) bond motifs is 1. The summed E-state index contributed by atoms with van der Waals surface area (Å²) in [4.78, 5) is 0. The molecule has 1 aliphatic carbocycles. The molecule has 2 heteroatoms. The fraction of sp³-hybridized carbons (Fsp3) is 0.500. The molecule has 0 radical (unpaired) electrons. The van der Waals surface area contributed by atoms with E-state index in [0.29, 0.717) is 5.41 Å². The topological polar surface area (TPSA) is 12.0 Å². The third kappa shape index (κ3) is 1.55. The highest BCUT2D eigenvalue weighted by atomic mass is 35.5. The average Bonchev–Trinajstić information content (AvgIpc) is 2.70. The largest absolute Gasteiger partial charge is 0.316 e. The van der Waals surface area contributed by atoms with Gasteiger partial charge in [-0.2, -0.15) is 0 Å². The number of piperidine rings is 1. The van der Waals surface area contributed by atoms with E-state index in [4.69, 9.17) is 11.6 Å². The van der Waals surface area contributed by atoms with Crippen LogP contribution < -0.4 is 5.32 Å². The molecule has 1 N–H and O–H groups in total. The van der Waals surface area contributed by atoms with Crippen LogP contribution in [0.25, 0.3) is 0 Å². The van der Waals surface area contributed by atoms with Crippen molar-refractivity contribution in [2.24, 2.45) is 11.3 Å². The predicted molar refractivity (Wildman–Crippen MR) is 61.3 cm³/mol. The number of allylic oxidation sites excluding steroid dienone is 4. The molecule has 76 valence electrons. The summed E-state index contributed by atoms with van der Waals surface area (Å²) < 4.78 is 0. The van der Waals surface area contributed by atoms with Crippen molar-refractivity contribution < 1.29 is 0 Å². The van der Waals surface area contributed by atoms with Crippen LogP contribution in [0, 0.1) is 11.3 Å². The number of nitrogens with one attached hydrogen (secondary N) is 1. The smallest absolute Gasteiger partial charge is 0.0150 e. The van der Waals surface area contributed by atoms with Gasteiger partial charge in [-0.05, 0) is 37.5 Å². The lowest BCUT2D eigenvalue weighted by Gasteiger charge is -2.12. The molecule has 0 amide bonds. The van der Waals surface area contributed by atoms with E-state index in [1.54, 1.807) is 0 Å². The van der Waals surface area contributed by atoms with E-state index in [-0.39, 0.29) is 0 Å². The minimum atomic E-state index is 0.393. The van der Waals surface area contributed by atoms with Gasteiger partial charge in [-0.25, -0.2) is 0 Å². The monoisotopic (exact) mass is 209 g/mol. The Hall–Kier alpha value is -0.530. The molecule has 1 aliphatic heterocycles. The first-order valence-electron chi connectivity index (χ1n) is 5.07. The molecule has 0 aromatic carbocycles. The first kappa shape index (κ1) is 10.0. The normalized spacial score (nSPS) is 36.9. The zero-order valence-corrected chi connectivity index (χ0v) is 9.27. The predicted octanol–water partition coefficient (Wildman–Crippen LogP) is 2.85. The van der Waals surface area contributed by atoms with E-state index in [9.17, 15) is 0 Å². The summed E-state index contributed by atoms with van der Waals surface area (Å²) in [7, 11) is 0. The van der Waals surface area contributed by atoms with Gasteiger partial charge in [0.05, 0.1) is 0 Å². The molecule has 1 saturated carbocycles. The summed E-state index contributed by atoms with van der Waals surface area (Å²) in [5.41, 5.74) is 1.73. The van der Waals surface area contributed by atoms with E-state index in [0.717, 1.165) is 24.0 Å². The molecule has 1 saturated heterocycles. The fourth-order valence-electron chi connectivity index (χ4n) is 2.43. The van der Waals surface area contributed by atoms with Crippen molar-refractivity contribution >= 4 is 11.6 Å². The average molecular weight is 210 g/mol. The minimum Gasteiger partial charge on any atom is -0.316 e. The van der Waals surface area contributed by atoms with Crippen molar-refractivity contribution in [1.82, 2.24) is 5.32 Å². The maximum atomic E-state index is 5.81. The van der Waals surface area contributed by atoms with Crippen molar-refractivity contribution in [2.75, 3.05) is 13.1 Å². The van der Waals surface area contributed by atoms with Crippen molar-refractivity contribution in [1.29, 1.82) is 0 Å². The van der Waals surface area contributed by atoms with E-state index in [2.05, 4.69) is 18.0 Å². The summed E-state index contributed by atoms with van der Waals surface area (Å²) in [5.74, 6) is 0.829. The Morgan fingerprint density at radius 3 is 2.79 bits per heavy atom. The van der Waals surface area contributed by atoms with Crippen molar-refractivity contribution in [3.8, 4) is 0 Å². The molecule has 2 rings (SSSR count). The van der Waals surface area contributed by atoms with Crippen LogP contribution in [-0.4, -0.2) is 13.1 Å². The first-order valence-corrected chi connectivity index (χ1v) is 5.44. The lowest BCUT2D eigenvalue weighted by atomic mass is 9.94. The molecule has 0 spiro atoms. The van der Waals surface area contributed by atoms with Crippen molar-refractivity contribution in [3.05, 3.63) is 35.4 Å². The molecule has 2 aliphatic rings. The van der Waals surface area contributed by atoms with Crippen LogP contribution in [0.1, 0.15) is 13.3 Å². The molecule has 1 heterocycles. The van der Waals surface area contributed by atoms with Gasteiger partial charge in [-0.15, -0.1) is 0 Å². The zero-order chi connectivity index (χ0) is 10.2. The summed E-state index contributed by atoms with van der Waals surface area (Å²) in [6, 6.07) is 0. The van der Waals surface area contributed by atoms with Crippen LogP contribution in [0.4, 0.5) is 0 Å². The molecule has 0 aromatic rings. The third-order valence-electron chi connectivity index (χ3n) is 3.35. The Balaban J connectivity index is 2.18. The highest BCUT2D eigenvalue weighted by Crippen LogP contribution is 2.60. The molecule has 2 fully saturated rings. The number of hydrogen-bond donors (Lipinski definition) is 1. The van der Waals surface area contributed by atoms with Crippen LogP contribution >= 0.6 is 11.6 Å². The van der Waals surface area contributed by atoms with Crippen LogP contribution in [0.5, 0.6) is 0 Å². The quantitative estimate of drug-likeness (QED) is 0.705. The SMILES string of the molecule is C=C/C(=C\C=C(/C)Cl)[C@]12CNC[C@H]1C2. The maximum Gasteiger partial charge on any atom is 0.0150 e. The van der Waals surface area contributed by atoms with Crippen LogP contribution in [0.2, 0.25) is 0 Å². The van der Waals surface area contributed by atoms with Gasteiger partial charge in [0.2, 0.25) is 0 Å². The molecule has 14 heavy (non-hydrogen) atoms. The third-order valence-corrected chi connectivity index (χ3v) is 3.48. The number of rotatable bonds is 3.